The van der Waals surface area contributed by atoms with E-state index in [4.69, 9.17) is 16.7 Å². The van der Waals surface area contributed by atoms with Crippen LogP contribution in [-0.4, -0.2) is 37.5 Å². The molecule has 19 heavy (non-hydrogen) atoms. The van der Waals surface area contributed by atoms with Crippen LogP contribution in [0, 0.1) is 0 Å². The number of hydrogen-bond donors (Lipinski definition) is 1. The van der Waals surface area contributed by atoms with Gasteiger partial charge in [0.05, 0.1) is 0 Å². The summed E-state index contributed by atoms with van der Waals surface area (Å²) in [5, 5.41) is 10.5. The van der Waals surface area contributed by atoms with Crippen LogP contribution in [0.25, 0.3) is 6.08 Å². The van der Waals surface area contributed by atoms with Gasteiger partial charge in [0.25, 0.3) is 0 Å². The van der Waals surface area contributed by atoms with Crippen LogP contribution in [0.2, 0.25) is 5.02 Å². The molecule has 1 aromatic rings. The highest BCUT2D eigenvalue weighted by Crippen LogP contribution is 2.12. The van der Waals surface area contributed by atoms with E-state index in [-0.39, 0.29) is 6.61 Å². The summed E-state index contributed by atoms with van der Waals surface area (Å²) in [5.41, 5.74) is 0.770. The highest BCUT2D eigenvalue weighted by Gasteiger charge is 2.16. The molecule has 1 aromatic carbocycles. The van der Waals surface area contributed by atoms with Gasteiger partial charge < -0.3 is 5.11 Å². The Morgan fingerprint density at radius 3 is 2.47 bits per heavy atom. The number of benzene rings is 1. The standard InChI is InChI=1S/C13H18ClNO3S/c1-2-15(9-3-10-16)19(17,18)11-8-12-4-6-13(14)7-5-12/h4-8,11,16H,2-3,9-10H2,1H3/b11-8+. The van der Waals surface area contributed by atoms with Crippen molar-refractivity contribution in [3.8, 4) is 0 Å². The van der Waals surface area contributed by atoms with Gasteiger partial charge in [-0.2, -0.15) is 4.31 Å². The summed E-state index contributed by atoms with van der Waals surface area (Å²) < 4.78 is 25.4. The van der Waals surface area contributed by atoms with Gasteiger partial charge in [-0.25, -0.2) is 8.42 Å². The van der Waals surface area contributed by atoms with E-state index in [9.17, 15) is 8.42 Å². The summed E-state index contributed by atoms with van der Waals surface area (Å²) in [7, 11) is -3.44. The topological polar surface area (TPSA) is 57.6 Å². The summed E-state index contributed by atoms with van der Waals surface area (Å²) in [6.07, 6.45) is 1.97. The first-order valence-electron chi connectivity index (χ1n) is 6.04. The Balaban J connectivity index is 2.79. The molecular formula is C13H18ClNO3S. The Hall–Kier alpha value is -0.880. The third kappa shape index (κ3) is 5.32. The minimum absolute atomic E-state index is 0.0209. The van der Waals surface area contributed by atoms with Crippen LogP contribution in [-0.2, 0) is 10.0 Å². The number of sulfonamides is 1. The first-order valence-corrected chi connectivity index (χ1v) is 7.92. The molecule has 106 valence electrons. The molecule has 4 nitrogen and oxygen atoms in total. The van der Waals surface area contributed by atoms with Crippen LogP contribution in [0.1, 0.15) is 18.9 Å². The Morgan fingerprint density at radius 2 is 1.95 bits per heavy atom. The van der Waals surface area contributed by atoms with Gasteiger partial charge in [-0.1, -0.05) is 30.7 Å². The minimum atomic E-state index is -3.44. The van der Waals surface area contributed by atoms with E-state index in [1.165, 1.54) is 15.8 Å². The summed E-state index contributed by atoms with van der Waals surface area (Å²) in [5.74, 6) is 0. The third-order valence-corrected chi connectivity index (χ3v) is 4.47. The Morgan fingerprint density at radius 1 is 1.32 bits per heavy atom. The molecule has 0 radical (unpaired) electrons. The van der Waals surface area contributed by atoms with Crippen LogP contribution >= 0.6 is 11.6 Å². The molecule has 6 heteroatoms. The molecule has 0 fully saturated rings. The van der Waals surface area contributed by atoms with Crippen molar-refractivity contribution >= 4 is 27.7 Å². The Bertz CT molecular complexity index is 511. The largest absolute Gasteiger partial charge is 0.396 e. The maximum Gasteiger partial charge on any atom is 0.236 e. The zero-order chi connectivity index (χ0) is 14.3. The Kier molecular flexibility index (Phi) is 6.51. The van der Waals surface area contributed by atoms with Crippen molar-refractivity contribution in [1.29, 1.82) is 0 Å². The summed E-state index contributed by atoms with van der Waals surface area (Å²) in [6, 6.07) is 6.91. The molecular weight excluding hydrogens is 286 g/mol. The normalized spacial score (nSPS) is 12.4. The average molecular weight is 304 g/mol. The van der Waals surface area contributed by atoms with Gasteiger partial charge >= 0.3 is 0 Å². The molecule has 0 saturated heterocycles. The number of hydrogen-bond acceptors (Lipinski definition) is 3. The summed E-state index contributed by atoms with van der Waals surface area (Å²) >= 11 is 5.76. The quantitative estimate of drug-likeness (QED) is 0.841. The van der Waals surface area contributed by atoms with Crippen molar-refractivity contribution in [2.45, 2.75) is 13.3 Å². The van der Waals surface area contributed by atoms with Crippen molar-refractivity contribution in [2.24, 2.45) is 0 Å². The zero-order valence-corrected chi connectivity index (χ0v) is 12.4. The van der Waals surface area contributed by atoms with E-state index in [0.29, 0.717) is 24.5 Å². The maximum absolute atomic E-state index is 12.0. The lowest BCUT2D eigenvalue weighted by atomic mass is 10.2. The molecule has 0 atom stereocenters. The number of aliphatic hydroxyl groups is 1. The lowest BCUT2D eigenvalue weighted by molar-refractivity contribution is 0.271. The number of halogens is 1. The van der Waals surface area contributed by atoms with Gasteiger partial charge in [-0.05, 0) is 30.2 Å². The molecule has 0 saturated carbocycles. The van der Waals surface area contributed by atoms with Gasteiger partial charge in [-0.3, -0.25) is 0 Å². The van der Waals surface area contributed by atoms with Crippen LogP contribution in [0.5, 0.6) is 0 Å². The SMILES string of the molecule is CCN(CCCO)S(=O)(=O)/C=C/c1ccc(Cl)cc1. The number of aliphatic hydroxyl groups excluding tert-OH is 1. The van der Waals surface area contributed by atoms with Crippen molar-refractivity contribution in [3.63, 3.8) is 0 Å². The van der Waals surface area contributed by atoms with Crippen molar-refractivity contribution in [1.82, 2.24) is 4.31 Å². The second-order valence-corrected chi connectivity index (χ2v) is 6.22. The molecule has 0 aromatic heterocycles. The molecule has 0 bridgehead atoms. The van der Waals surface area contributed by atoms with Gasteiger partial charge in [0, 0.05) is 30.1 Å². The van der Waals surface area contributed by atoms with E-state index >= 15 is 0 Å². The van der Waals surface area contributed by atoms with Crippen LogP contribution in [0.3, 0.4) is 0 Å². The molecule has 0 aliphatic carbocycles. The monoisotopic (exact) mass is 303 g/mol. The fourth-order valence-corrected chi connectivity index (χ4v) is 2.91. The number of rotatable bonds is 7. The van der Waals surface area contributed by atoms with E-state index < -0.39 is 10.0 Å². The second-order valence-electron chi connectivity index (χ2n) is 3.97. The zero-order valence-electron chi connectivity index (χ0n) is 10.8. The van der Waals surface area contributed by atoms with Crippen LogP contribution < -0.4 is 0 Å². The van der Waals surface area contributed by atoms with Crippen molar-refractivity contribution in [2.75, 3.05) is 19.7 Å². The molecule has 0 aliphatic heterocycles. The van der Waals surface area contributed by atoms with E-state index in [1.54, 1.807) is 31.2 Å². The first-order chi connectivity index (χ1) is 8.99. The van der Waals surface area contributed by atoms with Gasteiger partial charge in [0.1, 0.15) is 0 Å². The highest BCUT2D eigenvalue weighted by molar-refractivity contribution is 7.92. The van der Waals surface area contributed by atoms with E-state index in [0.717, 1.165) is 5.56 Å². The summed E-state index contributed by atoms with van der Waals surface area (Å²) in [6.45, 7) is 2.45. The van der Waals surface area contributed by atoms with Crippen molar-refractivity contribution < 1.29 is 13.5 Å². The first kappa shape index (κ1) is 16.2. The predicted octanol–water partition coefficient (Wildman–Crippen LogP) is 2.34. The molecule has 1 rings (SSSR count). The summed E-state index contributed by atoms with van der Waals surface area (Å²) in [4.78, 5) is 0. The van der Waals surface area contributed by atoms with Crippen LogP contribution in [0.4, 0.5) is 0 Å². The molecule has 0 spiro atoms. The lowest BCUT2D eigenvalue weighted by Crippen LogP contribution is -2.30. The maximum atomic E-state index is 12.0. The Labute approximate surface area is 119 Å². The fourth-order valence-electron chi connectivity index (χ4n) is 1.54. The van der Waals surface area contributed by atoms with Gasteiger partial charge in [-0.15, -0.1) is 0 Å². The molecule has 1 N–H and O–H groups in total. The minimum Gasteiger partial charge on any atom is -0.396 e. The smallest absolute Gasteiger partial charge is 0.236 e. The van der Waals surface area contributed by atoms with E-state index in [1.807, 2.05) is 0 Å². The molecule has 0 amide bonds. The fraction of sp³-hybridized carbons (Fsp3) is 0.385. The van der Waals surface area contributed by atoms with Crippen molar-refractivity contribution in [3.05, 3.63) is 40.3 Å². The molecule has 0 heterocycles. The predicted molar refractivity (Wildman–Crippen MR) is 78.4 cm³/mol. The van der Waals surface area contributed by atoms with Crippen LogP contribution in [0.15, 0.2) is 29.7 Å². The van der Waals surface area contributed by atoms with E-state index in [2.05, 4.69) is 0 Å². The van der Waals surface area contributed by atoms with Gasteiger partial charge in [0.15, 0.2) is 0 Å². The number of nitrogens with zero attached hydrogens (tertiary/aromatic N) is 1. The third-order valence-electron chi connectivity index (χ3n) is 2.58. The lowest BCUT2D eigenvalue weighted by Gasteiger charge is -2.17. The molecule has 0 unspecified atom stereocenters. The molecule has 0 aliphatic rings. The average Bonchev–Trinajstić information content (AvgIpc) is 2.39. The highest BCUT2D eigenvalue weighted by atomic mass is 35.5. The van der Waals surface area contributed by atoms with Gasteiger partial charge in [0.2, 0.25) is 10.0 Å². The second kappa shape index (κ2) is 7.65.